The van der Waals surface area contributed by atoms with Crippen LogP contribution in [0.1, 0.15) is 15.9 Å². The minimum absolute atomic E-state index is 0.202. The molecule has 1 N–H and O–H groups in total. The van der Waals surface area contributed by atoms with Crippen molar-refractivity contribution in [1.82, 2.24) is 0 Å². The number of aldehydes is 1. The van der Waals surface area contributed by atoms with Crippen molar-refractivity contribution in [1.29, 1.82) is 0 Å². The Morgan fingerprint density at radius 2 is 1.55 bits per heavy atom. The van der Waals surface area contributed by atoms with E-state index in [4.69, 9.17) is 0 Å². The Hall–Kier alpha value is -2.20. The lowest BCUT2D eigenvalue weighted by Gasteiger charge is -2.01. The van der Waals surface area contributed by atoms with E-state index in [1.807, 2.05) is 24.3 Å². The number of amides is 1. The van der Waals surface area contributed by atoms with Crippen LogP contribution in [0.15, 0.2) is 59.1 Å². The molecule has 100 valence electrons. The molecule has 0 heterocycles. The summed E-state index contributed by atoms with van der Waals surface area (Å²) in [7, 11) is 0. The second-order valence-corrected chi connectivity index (χ2v) is 5.03. The molecule has 20 heavy (non-hydrogen) atoms. The van der Waals surface area contributed by atoms with Gasteiger partial charge in [0.1, 0.15) is 6.29 Å². The summed E-state index contributed by atoms with van der Waals surface area (Å²) in [6.07, 6.45) is 3.94. The van der Waals surface area contributed by atoms with Crippen molar-refractivity contribution >= 4 is 39.9 Å². The summed E-state index contributed by atoms with van der Waals surface area (Å²) in [6, 6.07) is 14.3. The van der Waals surface area contributed by atoms with Gasteiger partial charge in [0.15, 0.2) is 0 Å². The lowest BCUT2D eigenvalue weighted by atomic mass is 10.1. The van der Waals surface area contributed by atoms with E-state index in [0.717, 1.165) is 22.0 Å². The third-order valence-electron chi connectivity index (χ3n) is 2.61. The molecule has 2 rings (SSSR count). The van der Waals surface area contributed by atoms with Crippen molar-refractivity contribution in [2.24, 2.45) is 0 Å². The van der Waals surface area contributed by atoms with Crippen molar-refractivity contribution < 1.29 is 9.59 Å². The fourth-order valence-electron chi connectivity index (χ4n) is 1.57. The average Bonchev–Trinajstić information content (AvgIpc) is 2.48. The molecule has 2 aromatic carbocycles. The Morgan fingerprint density at radius 1 is 0.950 bits per heavy atom. The molecule has 3 nitrogen and oxygen atoms in total. The van der Waals surface area contributed by atoms with Crippen LogP contribution in [0.3, 0.4) is 0 Å². The topological polar surface area (TPSA) is 46.2 Å². The van der Waals surface area contributed by atoms with E-state index in [1.165, 1.54) is 6.08 Å². The summed E-state index contributed by atoms with van der Waals surface area (Å²) in [4.78, 5) is 22.3. The second-order valence-electron chi connectivity index (χ2n) is 4.11. The molecule has 2 aromatic rings. The molecule has 4 heteroatoms. The highest BCUT2D eigenvalue weighted by Gasteiger charge is 1.97. The first kappa shape index (κ1) is 14.2. The van der Waals surface area contributed by atoms with E-state index in [2.05, 4.69) is 21.2 Å². The predicted molar refractivity (Wildman–Crippen MR) is 83.6 cm³/mol. The van der Waals surface area contributed by atoms with Gasteiger partial charge >= 0.3 is 0 Å². The van der Waals surface area contributed by atoms with Crippen molar-refractivity contribution in [2.75, 3.05) is 5.32 Å². The van der Waals surface area contributed by atoms with Gasteiger partial charge in [-0.15, -0.1) is 0 Å². The van der Waals surface area contributed by atoms with Crippen LogP contribution in [0.5, 0.6) is 0 Å². The number of hydrogen-bond acceptors (Lipinski definition) is 2. The standard InChI is InChI=1S/C16H12BrNO2/c17-14-6-8-15(9-7-14)18-16(20)10-5-12-1-3-13(11-19)4-2-12/h1-11H,(H,18,20)/b10-5+. The first-order chi connectivity index (χ1) is 9.67. The fourth-order valence-corrected chi connectivity index (χ4v) is 1.84. The molecule has 0 fully saturated rings. The maximum atomic E-state index is 11.7. The van der Waals surface area contributed by atoms with Crippen molar-refractivity contribution in [3.05, 3.63) is 70.2 Å². The van der Waals surface area contributed by atoms with E-state index in [0.29, 0.717) is 5.56 Å². The van der Waals surface area contributed by atoms with Crippen LogP contribution < -0.4 is 5.32 Å². The molecule has 0 radical (unpaired) electrons. The Labute approximate surface area is 125 Å². The summed E-state index contributed by atoms with van der Waals surface area (Å²) < 4.78 is 0.960. The van der Waals surface area contributed by atoms with E-state index in [-0.39, 0.29) is 5.91 Å². The minimum Gasteiger partial charge on any atom is -0.323 e. The highest BCUT2D eigenvalue weighted by Crippen LogP contribution is 2.14. The van der Waals surface area contributed by atoms with Crippen molar-refractivity contribution in [3.8, 4) is 0 Å². The predicted octanol–water partition coefficient (Wildman–Crippen LogP) is 3.91. The molecule has 0 aliphatic carbocycles. The molecule has 0 unspecified atom stereocenters. The first-order valence-electron chi connectivity index (χ1n) is 5.97. The zero-order valence-corrected chi connectivity index (χ0v) is 12.1. The van der Waals surface area contributed by atoms with E-state index in [1.54, 1.807) is 30.3 Å². The first-order valence-corrected chi connectivity index (χ1v) is 6.76. The normalized spacial score (nSPS) is 10.4. The molecule has 0 saturated heterocycles. The lowest BCUT2D eigenvalue weighted by Crippen LogP contribution is -2.07. The van der Waals surface area contributed by atoms with Crippen LogP contribution in [0, 0.1) is 0 Å². The van der Waals surface area contributed by atoms with Gasteiger partial charge in [-0.25, -0.2) is 0 Å². The number of halogens is 1. The van der Waals surface area contributed by atoms with Gasteiger partial charge in [-0.05, 0) is 35.9 Å². The van der Waals surface area contributed by atoms with E-state index < -0.39 is 0 Å². The summed E-state index contributed by atoms with van der Waals surface area (Å²) in [5.41, 5.74) is 2.21. The smallest absolute Gasteiger partial charge is 0.248 e. The third kappa shape index (κ3) is 4.17. The summed E-state index contributed by atoms with van der Waals surface area (Å²) >= 11 is 3.33. The maximum Gasteiger partial charge on any atom is 0.248 e. The van der Waals surface area contributed by atoms with Gasteiger partial charge in [0.2, 0.25) is 5.91 Å². The molecule has 0 saturated carbocycles. The quantitative estimate of drug-likeness (QED) is 0.682. The highest BCUT2D eigenvalue weighted by atomic mass is 79.9. The van der Waals surface area contributed by atoms with Gasteiger partial charge < -0.3 is 5.32 Å². The lowest BCUT2D eigenvalue weighted by molar-refractivity contribution is -0.111. The average molecular weight is 330 g/mol. The van der Waals surface area contributed by atoms with Crippen LogP contribution >= 0.6 is 15.9 Å². The van der Waals surface area contributed by atoms with Gasteiger partial charge in [0, 0.05) is 21.8 Å². The van der Waals surface area contributed by atoms with Crippen LogP contribution in [0.2, 0.25) is 0 Å². The van der Waals surface area contributed by atoms with Gasteiger partial charge in [0.25, 0.3) is 0 Å². The number of anilines is 1. The number of rotatable bonds is 4. The Balaban J connectivity index is 1.97. The van der Waals surface area contributed by atoms with Crippen LogP contribution in [-0.2, 0) is 4.79 Å². The maximum absolute atomic E-state index is 11.7. The number of benzene rings is 2. The molecular formula is C16H12BrNO2. The Bertz CT molecular complexity index is 631. The SMILES string of the molecule is O=Cc1ccc(/C=C/C(=O)Nc2ccc(Br)cc2)cc1. The molecule has 0 aliphatic heterocycles. The Morgan fingerprint density at radius 3 is 2.15 bits per heavy atom. The van der Waals surface area contributed by atoms with E-state index in [9.17, 15) is 9.59 Å². The van der Waals surface area contributed by atoms with Crippen LogP contribution in [0.25, 0.3) is 6.08 Å². The summed E-state index contributed by atoms with van der Waals surface area (Å²) in [6.45, 7) is 0. The zero-order valence-electron chi connectivity index (χ0n) is 10.5. The van der Waals surface area contributed by atoms with E-state index >= 15 is 0 Å². The summed E-state index contributed by atoms with van der Waals surface area (Å²) in [5, 5.41) is 2.76. The van der Waals surface area contributed by atoms with Crippen molar-refractivity contribution in [3.63, 3.8) is 0 Å². The molecule has 0 bridgehead atoms. The third-order valence-corrected chi connectivity index (χ3v) is 3.14. The number of carbonyl (C=O) groups is 2. The molecule has 0 spiro atoms. The minimum atomic E-state index is -0.202. The fraction of sp³-hybridized carbons (Fsp3) is 0. The molecule has 0 atom stereocenters. The largest absolute Gasteiger partial charge is 0.323 e. The number of carbonyl (C=O) groups excluding carboxylic acids is 2. The zero-order chi connectivity index (χ0) is 14.4. The van der Waals surface area contributed by atoms with Gasteiger partial charge in [0.05, 0.1) is 0 Å². The Kier molecular flexibility index (Phi) is 4.85. The molecule has 1 amide bonds. The van der Waals surface area contributed by atoms with Crippen LogP contribution in [0.4, 0.5) is 5.69 Å². The van der Waals surface area contributed by atoms with Gasteiger partial charge in [-0.3, -0.25) is 9.59 Å². The van der Waals surface area contributed by atoms with Crippen molar-refractivity contribution in [2.45, 2.75) is 0 Å². The van der Waals surface area contributed by atoms with Gasteiger partial charge in [-0.2, -0.15) is 0 Å². The van der Waals surface area contributed by atoms with Gasteiger partial charge in [-0.1, -0.05) is 40.2 Å². The molecule has 0 aromatic heterocycles. The molecule has 0 aliphatic rings. The van der Waals surface area contributed by atoms with Crippen LogP contribution in [-0.4, -0.2) is 12.2 Å². The monoisotopic (exact) mass is 329 g/mol. The number of nitrogens with one attached hydrogen (secondary N) is 1. The second kappa shape index (κ2) is 6.82. The molecular weight excluding hydrogens is 318 g/mol. The summed E-state index contributed by atoms with van der Waals surface area (Å²) in [5.74, 6) is -0.202. The highest BCUT2D eigenvalue weighted by molar-refractivity contribution is 9.10. The number of hydrogen-bond donors (Lipinski definition) is 1.